The van der Waals surface area contributed by atoms with Gasteiger partial charge in [-0.25, -0.2) is 0 Å². The summed E-state index contributed by atoms with van der Waals surface area (Å²) in [5.74, 6) is 0. The van der Waals surface area contributed by atoms with Crippen molar-refractivity contribution < 1.29 is 4.48 Å². The standard InChI is InChI=1S/C16H23N2/c1-6-14-7-9-15(10-8-14)13-18(5)12-11-17(4)16(18,2)3/h6-12H,1,13H2,2-5H3/q+1. The van der Waals surface area contributed by atoms with Gasteiger partial charge < -0.3 is 4.90 Å². The first-order chi connectivity index (χ1) is 8.39. The molecule has 0 radical (unpaired) electrons. The van der Waals surface area contributed by atoms with Crippen molar-refractivity contribution in [2.75, 3.05) is 14.1 Å². The van der Waals surface area contributed by atoms with Crippen molar-refractivity contribution in [1.29, 1.82) is 0 Å². The number of hydrogen-bond donors (Lipinski definition) is 0. The molecule has 96 valence electrons. The topological polar surface area (TPSA) is 3.24 Å². The van der Waals surface area contributed by atoms with Gasteiger partial charge in [-0.15, -0.1) is 0 Å². The maximum Gasteiger partial charge on any atom is 0.172 e. The molecule has 0 aromatic heterocycles. The Morgan fingerprint density at radius 3 is 2.33 bits per heavy atom. The van der Waals surface area contributed by atoms with E-state index in [1.54, 1.807) is 0 Å². The maximum atomic E-state index is 3.79. The van der Waals surface area contributed by atoms with Crippen molar-refractivity contribution in [1.82, 2.24) is 4.90 Å². The quantitative estimate of drug-likeness (QED) is 0.735. The Kier molecular flexibility index (Phi) is 3.07. The van der Waals surface area contributed by atoms with E-state index in [1.807, 2.05) is 6.08 Å². The van der Waals surface area contributed by atoms with Crippen molar-refractivity contribution in [3.63, 3.8) is 0 Å². The molecule has 2 nitrogen and oxygen atoms in total. The third-order valence-electron chi connectivity index (χ3n) is 4.46. The van der Waals surface area contributed by atoms with Crippen molar-refractivity contribution in [3.8, 4) is 0 Å². The molecule has 1 unspecified atom stereocenters. The van der Waals surface area contributed by atoms with E-state index in [4.69, 9.17) is 0 Å². The van der Waals surface area contributed by atoms with E-state index in [-0.39, 0.29) is 5.66 Å². The minimum atomic E-state index is 0.0944. The molecule has 1 aliphatic rings. The van der Waals surface area contributed by atoms with Crippen LogP contribution < -0.4 is 0 Å². The van der Waals surface area contributed by atoms with Crippen molar-refractivity contribution in [2.45, 2.75) is 26.1 Å². The van der Waals surface area contributed by atoms with Crippen LogP contribution in [0.2, 0.25) is 0 Å². The van der Waals surface area contributed by atoms with Gasteiger partial charge in [0.2, 0.25) is 0 Å². The first-order valence-electron chi connectivity index (χ1n) is 6.38. The van der Waals surface area contributed by atoms with Crippen LogP contribution in [0, 0.1) is 0 Å². The monoisotopic (exact) mass is 243 g/mol. The summed E-state index contributed by atoms with van der Waals surface area (Å²) in [6.07, 6.45) is 6.34. The fourth-order valence-corrected chi connectivity index (χ4v) is 2.36. The average molecular weight is 243 g/mol. The number of benzene rings is 1. The number of hydrogen-bond acceptors (Lipinski definition) is 1. The molecular formula is C16H23N2+. The Balaban J connectivity index is 2.22. The van der Waals surface area contributed by atoms with Crippen LogP contribution in [0.15, 0.2) is 43.2 Å². The molecule has 2 rings (SSSR count). The van der Waals surface area contributed by atoms with Crippen LogP contribution in [0.25, 0.3) is 6.08 Å². The molecule has 1 aromatic rings. The van der Waals surface area contributed by atoms with Gasteiger partial charge in [0, 0.05) is 26.5 Å². The third kappa shape index (κ3) is 1.97. The zero-order valence-corrected chi connectivity index (χ0v) is 11.9. The molecule has 1 aromatic carbocycles. The highest BCUT2D eigenvalue weighted by Crippen LogP contribution is 2.34. The van der Waals surface area contributed by atoms with Gasteiger partial charge in [0.25, 0.3) is 0 Å². The summed E-state index contributed by atoms with van der Waals surface area (Å²) in [7, 11) is 4.42. The highest BCUT2D eigenvalue weighted by atomic mass is 15.5. The lowest BCUT2D eigenvalue weighted by Gasteiger charge is -2.43. The maximum absolute atomic E-state index is 3.79. The summed E-state index contributed by atoms with van der Waals surface area (Å²) < 4.78 is 0.900. The summed E-state index contributed by atoms with van der Waals surface area (Å²) in [5, 5.41) is 0. The van der Waals surface area contributed by atoms with Gasteiger partial charge in [0.1, 0.15) is 12.7 Å². The lowest BCUT2D eigenvalue weighted by molar-refractivity contribution is -0.925. The smallest absolute Gasteiger partial charge is 0.172 e. The largest absolute Gasteiger partial charge is 0.325 e. The van der Waals surface area contributed by atoms with Crippen molar-refractivity contribution >= 4 is 6.08 Å². The molecule has 0 saturated heterocycles. The summed E-state index contributed by atoms with van der Waals surface area (Å²) in [6.45, 7) is 9.36. The predicted molar refractivity (Wildman–Crippen MR) is 77.4 cm³/mol. The number of rotatable bonds is 3. The van der Waals surface area contributed by atoms with Gasteiger partial charge in [0.15, 0.2) is 5.66 Å². The van der Waals surface area contributed by atoms with Crippen LogP contribution in [0.3, 0.4) is 0 Å². The minimum Gasteiger partial charge on any atom is -0.325 e. The van der Waals surface area contributed by atoms with Gasteiger partial charge in [-0.05, 0) is 5.56 Å². The molecule has 0 spiro atoms. The molecule has 0 fully saturated rings. The molecule has 0 amide bonds. The Hall–Kier alpha value is -1.54. The van der Waals surface area contributed by atoms with Gasteiger partial charge >= 0.3 is 0 Å². The summed E-state index contributed by atoms with van der Waals surface area (Å²) in [4.78, 5) is 2.28. The van der Waals surface area contributed by atoms with Gasteiger partial charge in [-0.2, -0.15) is 0 Å². The predicted octanol–water partition coefficient (Wildman–Crippen LogP) is 3.43. The van der Waals surface area contributed by atoms with Crippen molar-refractivity contribution in [3.05, 3.63) is 54.4 Å². The van der Waals surface area contributed by atoms with E-state index in [2.05, 4.69) is 76.1 Å². The highest BCUT2D eigenvalue weighted by Gasteiger charge is 2.45. The lowest BCUT2D eigenvalue weighted by atomic mass is 10.1. The van der Waals surface area contributed by atoms with E-state index in [9.17, 15) is 0 Å². The minimum absolute atomic E-state index is 0.0944. The molecule has 18 heavy (non-hydrogen) atoms. The number of quaternary nitrogens is 1. The second-order valence-electron chi connectivity index (χ2n) is 5.78. The Morgan fingerprint density at radius 2 is 1.89 bits per heavy atom. The molecule has 0 bridgehead atoms. The molecule has 0 saturated carbocycles. The molecule has 0 N–H and O–H groups in total. The fraction of sp³-hybridized carbons (Fsp3) is 0.375. The first-order valence-corrected chi connectivity index (χ1v) is 6.38. The van der Waals surface area contributed by atoms with E-state index >= 15 is 0 Å². The van der Waals surface area contributed by atoms with Crippen LogP contribution in [-0.4, -0.2) is 29.1 Å². The molecule has 1 atom stereocenters. The Labute approximate surface area is 110 Å². The van der Waals surface area contributed by atoms with Crippen LogP contribution >= 0.6 is 0 Å². The molecule has 0 aliphatic carbocycles. The number of nitrogens with zero attached hydrogens (tertiary/aromatic N) is 2. The third-order valence-corrected chi connectivity index (χ3v) is 4.46. The molecule has 1 aliphatic heterocycles. The van der Waals surface area contributed by atoms with E-state index in [0.717, 1.165) is 11.0 Å². The molecule has 1 heterocycles. The van der Waals surface area contributed by atoms with Crippen LogP contribution in [-0.2, 0) is 6.54 Å². The summed E-state index contributed by atoms with van der Waals surface area (Å²) in [5.41, 5.74) is 2.63. The zero-order chi connectivity index (χ0) is 13.4. The van der Waals surface area contributed by atoms with Crippen molar-refractivity contribution in [2.24, 2.45) is 0 Å². The fourth-order valence-electron chi connectivity index (χ4n) is 2.36. The van der Waals surface area contributed by atoms with Gasteiger partial charge in [-0.1, -0.05) is 36.9 Å². The SMILES string of the molecule is C=Cc1ccc(C[N+]2(C)C=CN(C)C2(C)C)cc1. The van der Waals surface area contributed by atoms with E-state index in [1.165, 1.54) is 11.1 Å². The Bertz CT molecular complexity index is 470. The highest BCUT2D eigenvalue weighted by molar-refractivity contribution is 5.47. The van der Waals surface area contributed by atoms with Crippen LogP contribution in [0.1, 0.15) is 25.0 Å². The molecular weight excluding hydrogens is 220 g/mol. The van der Waals surface area contributed by atoms with Gasteiger partial charge in [0.05, 0.1) is 13.2 Å². The Morgan fingerprint density at radius 1 is 1.28 bits per heavy atom. The normalized spacial score (nSPS) is 25.4. The second kappa shape index (κ2) is 4.29. The average Bonchev–Trinajstić information content (AvgIpc) is 2.54. The lowest BCUT2D eigenvalue weighted by Crippen LogP contribution is -2.57. The van der Waals surface area contributed by atoms with E-state index < -0.39 is 0 Å². The van der Waals surface area contributed by atoms with Gasteiger partial charge in [-0.3, -0.25) is 4.48 Å². The first kappa shape index (κ1) is 12.9. The van der Waals surface area contributed by atoms with Crippen LogP contribution in [0.5, 0.6) is 0 Å². The van der Waals surface area contributed by atoms with E-state index in [0.29, 0.717) is 0 Å². The summed E-state index contributed by atoms with van der Waals surface area (Å²) in [6, 6.07) is 8.65. The zero-order valence-electron chi connectivity index (χ0n) is 11.9. The van der Waals surface area contributed by atoms with Crippen LogP contribution in [0.4, 0.5) is 0 Å². The summed E-state index contributed by atoms with van der Waals surface area (Å²) >= 11 is 0. The molecule has 2 heteroatoms. The second-order valence-corrected chi connectivity index (χ2v) is 5.78.